The van der Waals surface area contributed by atoms with Crippen molar-refractivity contribution in [3.63, 3.8) is 0 Å². The maximum Gasteiger partial charge on any atom is 0.0543 e. The van der Waals surface area contributed by atoms with E-state index < -0.39 is 0 Å². The molecule has 4 unspecified atom stereocenters. The van der Waals surface area contributed by atoms with E-state index in [1.807, 2.05) is 0 Å². The van der Waals surface area contributed by atoms with Crippen molar-refractivity contribution in [3.05, 3.63) is 6.92 Å². The summed E-state index contributed by atoms with van der Waals surface area (Å²) in [4.78, 5) is 0. The minimum atomic E-state index is -0.179. The van der Waals surface area contributed by atoms with Gasteiger partial charge in [0, 0.05) is 0 Å². The van der Waals surface area contributed by atoms with Gasteiger partial charge in [0.2, 0.25) is 0 Å². The zero-order valence-electron chi connectivity index (χ0n) is 10.6. The number of aliphatic hydroxyl groups is 1. The molecule has 1 fully saturated rings. The molecule has 0 heterocycles. The van der Waals surface area contributed by atoms with Gasteiger partial charge in [-0.15, -0.1) is 0 Å². The van der Waals surface area contributed by atoms with Crippen molar-refractivity contribution in [3.8, 4) is 0 Å². The third kappa shape index (κ3) is 3.79. The lowest BCUT2D eigenvalue weighted by Crippen LogP contribution is -2.30. The third-order valence-corrected chi connectivity index (χ3v) is 4.07. The fraction of sp³-hybridized carbons (Fsp3) is 0.929. The Bertz CT molecular complexity index is 176. The van der Waals surface area contributed by atoms with Crippen LogP contribution in [0.15, 0.2) is 0 Å². The Labute approximate surface area is 95.3 Å². The molecule has 1 rings (SSSR count). The fourth-order valence-electron chi connectivity index (χ4n) is 3.14. The van der Waals surface area contributed by atoms with Gasteiger partial charge in [0.25, 0.3) is 0 Å². The molecule has 0 aromatic carbocycles. The van der Waals surface area contributed by atoms with Crippen LogP contribution in [0, 0.1) is 30.6 Å². The predicted octanol–water partition coefficient (Wildman–Crippen LogP) is 3.67. The van der Waals surface area contributed by atoms with Gasteiger partial charge in [0.15, 0.2) is 0 Å². The number of hydrogen-bond donors (Lipinski definition) is 1. The van der Waals surface area contributed by atoms with E-state index in [2.05, 4.69) is 27.7 Å². The Morgan fingerprint density at radius 3 is 2.53 bits per heavy atom. The minimum Gasteiger partial charge on any atom is -0.393 e. The maximum absolute atomic E-state index is 9.73. The van der Waals surface area contributed by atoms with Gasteiger partial charge in [-0.25, -0.2) is 0 Å². The Morgan fingerprint density at radius 1 is 1.33 bits per heavy atom. The molecule has 1 saturated carbocycles. The lowest BCUT2D eigenvalue weighted by atomic mass is 9.68. The molecule has 1 aliphatic rings. The largest absolute Gasteiger partial charge is 0.393 e. The molecule has 1 aliphatic carbocycles. The zero-order valence-corrected chi connectivity index (χ0v) is 10.6. The normalized spacial score (nSPS) is 34.4. The first-order chi connectivity index (χ1) is 7.04. The average molecular weight is 211 g/mol. The molecule has 1 N–H and O–H groups in total. The molecule has 0 aromatic rings. The smallest absolute Gasteiger partial charge is 0.0543 e. The lowest BCUT2D eigenvalue weighted by Gasteiger charge is -2.38. The quantitative estimate of drug-likeness (QED) is 0.752. The highest BCUT2D eigenvalue weighted by molar-refractivity contribution is 4.82. The second-order valence-corrected chi connectivity index (χ2v) is 5.76. The monoisotopic (exact) mass is 211 g/mol. The van der Waals surface area contributed by atoms with Crippen LogP contribution < -0.4 is 0 Å². The Balaban J connectivity index is 2.54. The zero-order chi connectivity index (χ0) is 11.4. The number of aliphatic hydroxyl groups excluding tert-OH is 1. The molecular weight excluding hydrogens is 184 g/mol. The van der Waals surface area contributed by atoms with Crippen LogP contribution >= 0.6 is 0 Å². The van der Waals surface area contributed by atoms with Gasteiger partial charge < -0.3 is 5.11 Å². The summed E-state index contributed by atoms with van der Waals surface area (Å²) in [6.07, 6.45) is 5.49. The van der Waals surface area contributed by atoms with Gasteiger partial charge in [0.1, 0.15) is 0 Å². The van der Waals surface area contributed by atoms with Crippen molar-refractivity contribution < 1.29 is 5.11 Å². The predicted molar refractivity (Wildman–Crippen MR) is 65.4 cm³/mol. The molecule has 1 nitrogen and oxygen atoms in total. The highest BCUT2D eigenvalue weighted by atomic mass is 16.3. The Morgan fingerprint density at radius 2 is 2.00 bits per heavy atom. The summed E-state index contributed by atoms with van der Waals surface area (Å²) in [5, 5.41) is 9.73. The van der Waals surface area contributed by atoms with Crippen LogP contribution in [-0.4, -0.2) is 11.2 Å². The Hall–Kier alpha value is -0.0400. The first-order valence-electron chi connectivity index (χ1n) is 6.51. The van der Waals surface area contributed by atoms with E-state index in [1.54, 1.807) is 0 Å². The molecule has 1 radical (unpaired) electrons. The summed E-state index contributed by atoms with van der Waals surface area (Å²) in [6, 6.07) is 0. The van der Waals surface area contributed by atoms with Gasteiger partial charge >= 0.3 is 0 Å². The van der Waals surface area contributed by atoms with Crippen LogP contribution in [0.2, 0.25) is 0 Å². The molecular formula is C14H27O. The number of rotatable bonds is 4. The van der Waals surface area contributed by atoms with Gasteiger partial charge in [-0.05, 0) is 49.4 Å². The topological polar surface area (TPSA) is 20.2 Å². The molecule has 0 saturated heterocycles. The summed E-state index contributed by atoms with van der Waals surface area (Å²) in [6.45, 7) is 10.8. The highest BCUT2D eigenvalue weighted by Crippen LogP contribution is 2.40. The van der Waals surface area contributed by atoms with Gasteiger partial charge in [-0.2, -0.15) is 0 Å². The summed E-state index contributed by atoms with van der Waals surface area (Å²) >= 11 is 0. The SMILES string of the molecule is [CH2]CC(O)CC1CC(C)CCC1C(C)C. The van der Waals surface area contributed by atoms with Crippen molar-refractivity contribution in [1.29, 1.82) is 0 Å². The standard InChI is InChI=1S/C14H27O/c1-5-13(15)9-12-8-11(4)6-7-14(12)10(2)3/h10-15H,1,5-9H2,2-4H3. The van der Waals surface area contributed by atoms with Crippen LogP contribution in [0.5, 0.6) is 0 Å². The van der Waals surface area contributed by atoms with Crippen molar-refractivity contribution in [2.75, 3.05) is 0 Å². The maximum atomic E-state index is 9.73. The molecule has 0 aliphatic heterocycles. The summed E-state index contributed by atoms with van der Waals surface area (Å²) in [5.41, 5.74) is 0. The lowest BCUT2D eigenvalue weighted by molar-refractivity contribution is 0.0738. The van der Waals surface area contributed by atoms with Crippen molar-refractivity contribution in [2.24, 2.45) is 23.7 Å². The van der Waals surface area contributed by atoms with Gasteiger partial charge in [-0.3, -0.25) is 0 Å². The van der Waals surface area contributed by atoms with Crippen molar-refractivity contribution in [2.45, 2.75) is 59.0 Å². The summed E-state index contributed by atoms with van der Waals surface area (Å²) in [7, 11) is 0. The van der Waals surface area contributed by atoms with Crippen LogP contribution in [0.1, 0.15) is 52.9 Å². The van der Waals surface area contributed by atoms with Crippen LogP contribution in [0.4, 0.5) is 0 Å². The van der Waals surface area contributed by atoms with E-state index in [4.69, 9.17) is 0 Å². The van der Waals surface area contributed by atoms with Crippen LogP contribution in [0.3, 0.4) is 0 Å². The second kappa shape index (κ2) is 5.89. The van der Waals surface area contributed by atoms with Crippen molar-refractivity contribution in [1.82, 2.24) is 0 Å². The summed E-state index contributed by atoms with van der Waals surface area (Å²) in [5.74, 6) is 3.16. The second-order valence-electron chi connectivity index (χ2n) is 5.76. The molecule has 0 spiro atoms. The molecule has 15 heavy (non-hydrogen) atoms. The van der Waals surface area contributed by atoms with E-state index in [1.165, 1.54) is 19.3 Å². The van der Waals surface area contributed by atoms with E-state index >= 15 is 0 Å². The van der Waals surface area contributed by atoms with E-state index in [0.29, 0.717) is 6.42 Å². The third-order valence-electron chi connectivity index (χ3n) is 4.07. The molecule has 1 heteroatoms. The van der Waals surface area contributed by atoms with Crippen LogP contribution in [-0.2, 0) is 0 Å². The first-order valence-corrected chi connectivity index (χ1v) is 6.51. The van der Waals surface area contributed by atoms with Gasteiger partial charge in [-0.1, -0.05) is 34.1 Å². The average Bonchev–Trinajstić information content (AvgIpc) is 2.17. The molecule has 4 atom stereocenters. The summed E-state index contributed by atoms with van der Waals surface area (Å²) < 4.78 is 0. The minimum absolute atomic E-state index is 0.179. The van der Waals surface area contributed by atoms with Crippen LogP contribution in [0.25, 0.3) is 0 Å². The molecule has 0 aromatic heterocycles. The molecule has 0 amide bonds. The van der Waals surface area contributed by atoms with E-state index in [-0.39, 0.29) is 6.10 Å². The molecule has 89 valence electrons. The van der Waals surface area contributed by atoms with Crippen molar-refractivity contribution >= 4 is 0 Å². The first kappa shape index (κ1) is 13.0. The fourth-order valence-corrected chi connectivity index (χ4v) is 3.14. The highest BCUT2D eigenvalue weighted by Gasteiger charge is 2.31. The van der Waals surface area contributed by atoms with E-state index in [9.17, 15) is 5.11 Å². The van der Waals surface area contributed by atoms with E-state index in [0.717, 1.165) is 30.1 Å². The number of hydrogen-bond acceptors (Lipinski definition) is 1. The Kier molecular flexibility index (Phi) is 5.11. The molecule has 0 bridgehead atoms. The van der Waals surface area contributed by atoms with Gasteiger partial charge in [0.05, 0.1) is 6.10 Å².